The number of alkyl halides is 3. The molecule has 1 aromatic carbocycles. The van der Waals surface area contributed by atoms with Gasteiger partial charge in [0.1, 0.15) is 18.5 Å². The average molecular weight is 321 g/mol. The maximum absolute atomic E-state index is 12.5. The Morgan fingerprint density at radius 1 is 1.38 bits per heavy atom. The Hall–Kier alpha value is -1.73. The molecule has 0 saturated heterocycles. The van der Waals surface area contributed by atoms with E-state index in [9.17, 15) is 18.3 Å². The second-order valence-corrected chi connectivity index (χ2v) is 4.81. The summed E-state index contributed by atoms with van der Waals surface area (Å²) in [6.45, 7) is -0.0233. The summed E-state index contributed by atoms with van der Waals surface area (Å²) in [4.78, 5) is 0. The van der Waals surface area contributed by atoms with Gasteiger partial charge in [-0.3, -0.25) is 4.68 Å². The van der Waals surface area contributed by atoms with Crippen LogP contribution in [0.2, 0.25) is 5.02 Å². The monoisotopic (exact) mass is 320 g/mol. The fourth-order valence-electron chi connectivity index (χ4n) is 1.66. The lowest BCUT2D eigenvalue weighted by Crippen LogP contribution is -2.23. The summed E-state index contributed by atoms with van der Waals surface area (Å²) >= 11 is 5.67. The highest BCUT2D eigenvalue weighted by atomic mass is 35.5. The van der Waals surface area contributed by atoms with Crippen LogP contribution in [-0.2, 0) is 12.7 Å². The number of hydrogen-bond donors (Lipinski definition) is 1. The standard InChI is InChI=1S/C13H12ClF3N2O2/c14-10-5-18-19(6-10)7-11(20)8-21-12-3-1-2-9(4-12)13(15,16)17/h1-6,11,20H,7-8H2. The van der Waals surface area contributed by atoms with Crippen molar-refractivity contribution < 1.29 is 23.0 Å². The molecule has 0 aliphatic heterocycles. The Morgan fingerprint density at radius 3 is 2.76 bits per heavy atom. The zero-order valence-corrected chi connectivity index (χ0v) is 11.5. The molecule has 0 saturated carbocycles. The summed E-state index contributed by atoms with van der Waals surface area (Å²) in [7, 11) is 0. The first-order chi connectivity index (χ1) is 9.84. The Balaban J connectivity index is 1.90. The van der Waals surface area contributed by atoms with Gasteiger partial charge in [-0.25, -0.2) is 0 Å². The van der Waals surface area contributed by atoms with Gasteiger partial charge < -0.3 is 9.84 Å². The number of aliphatic hydroxyl groups is 1. The molecule has 2 rings (SSSR count). The predicted octanol–water partition coefficient (Wildman–Crippen LogP) is 3.00. The molecule has 1 aromatic heterocycles. The highest BCUT2D eigenvalue weighted by molar-refractivity contribution is 6.30. The third-order valence-corrected chi connectivity index (χ3v) is 2.80. The van der Waals surface area contributed by atoms with E-state index in [2.05, 4.69) is 5.10 Å². The van der Waals surface area contributed by atoms with Crippen LogP contribution in [0.4, 0.5) is 13.2 Å². The van der Waals surface area contributed by atoms with Crippen LogP contribution in [-0.4, -0.2) is 27.6 Å². The van der Waals surface area contributed by atoms with Gasteiger partial charge in [-0.15, -0.1) is 0 Å². The smallest absolute Gasteiger partial charge is 0.416 e. The molecular formula is C13H12ClF3N2O2. The fourth-order valence-corrected chi connectivity index (χ4v) is 1.82. The summed E-state index contributed by atoms with van der Waals surface area (Å²) in [6, 6.07) is 4.48. The van der Waals surface area contributed by atoms with Crippen LogP contribution >= 0.6 is 11.6 Å². The SMILES string of the molecule is OC(COc1cccc(C(F)(F)F)c1)Cn1cc(Cl)cn1. The molecule has 21 heavy (non-hydrogen) atoms. The van der Waals surface area contributed by atoms with Crippen molar-refractivity contribution in [1.82, 2.24) is 9.78 Å². The van der Waals surface area contributed by atoms with E-state index in [1.165, 1.54) is 29.2 Å². The molecule has 1 heterocycles. The second-order valence-electron chi connectivity index (χ2n) is 4.37. The van der Waals surface area contributed by atoms with E-state index in [0.29, 0.717) is 5.02 Å². The highest BCUT2D eigenvalue weighted by Gasteiger charge is 2.30. The number of ether oxygens (including phenoxy) is 1. The molecule has 114 valence electrons. The van der Waals surface area contributed by atoms with Gasteiger partial charge in [0.15, 0.2) is 0 Å². The van der Waals surface area contributed by atoms with Crippen molar-refractivity contribution in [2.75, 3.05) is 6.61 Å². The number of aliphatic hydroxyl groups excluding tert-OH is 1. The van der Waals surface area contributed by atoms with Crippen molar-refractivity contribution >= 4 is 11.6 Å². The van der Waals surface area contributed by atoms with Crippen molar-refractivity contribution in [3.63, 3.8) is 0 Å². The molecule has 0 fully saturated rings. The number of halogens is 4. The number of rotatable bonds is 5. The van der Waals surface area contributed by atoms with Crippen LogP contribution in [0.15, 0.2) is 36.7 Å². The van der Waals surface area contributed by atoms with E-state index in [4.69, 9.17) is 16.3 Å². The van der Waals surface area contributed by atoms with Crippen LogP contribution in [0.1, 0.15) is 5.56 Å². The first-order valence-corrected chi connectivity index (χ1v) is 6.38. The maximum Gasteiger partial charge on any atom is 0.416 e. The Labute approximate surface area is 123 Å². The third-order valence-electron chi connectivity index (χ3n) is 2.60. The molecule has 1 atom stereocenters. The molecular weight excluding hydrogens is 309 g/mol. The van der Waals surface area contributed by atoms with E-state index in [1.807, 2.05) is 0 Å². The Kier molecular flexibility index (Phi) is 4.74. The molecule has 0 aliphatic carbocycles. The minimum atomic E-state index is -4.43. The van der Waals surface area contributed by atoms with Crippen LogP contribution in [0.5, 0.6) is 5.75 Å². The quantitative estimate of drug-likeness (QED) is 0.921. The summed E-state index contributed by atoms with van der Waals surface area (Å²) in [5, 5.41) is 14.1. The predicted molar refractivity (Wildman–Crippen MR) is 70.2 cm³/mol. The van der Waals surface area contributed by atoms with Gasteiger partial charge in [-0.1, -0.05) is 17.7 Å². The van der Waals surface area contributed by atoms with E-state index in [0.717, 1.165) is 12.1 Å². The summed E-state index contributed by atoms with van der Waals surface area (Å²) in [5.74, 6) is 0.0439. The first kappa shape index (κ1) is 15.7. The second kappa shape index (κ2) is 6.36. The van der Waals surface area contributed by atoms with Gasteiger partial charge in [-0.2, -0.15) is 18.3 Å². The number of nitrogens with zero attached hydrogens (tertiary/aromatic N) is 2. The molecule has 4 nitrogen and oxygen atoms in total. The minimum Gasteiger partial charge on any atom is -0.491 e. The molecule has 1 N–H and O–H groups in total. The molecule has 1 unspecified atom stereocenters. The lowest BCUT2D eigenvalue weighted by molar-refractivity contribution is -0.137. The first-order valence-electron chi connectivity index (χ1n) is 6.00. The molecule has 8 heteroatoms. The van der Waals surface area contributed by atoms with Gasteiger partial charge in [0.05, 0.1) is 23.3 Å². The van der Waals surface area contributed by atoms with E-state index < -0.39 is 17.8 Å². The van der Waals surface area contributed by atoms with E-state index >= 15 is 0 Å². The lowest BCUT2D eigenvalue weighted by atomic mass is 10.2. The number of aromatic nitrogens is 2. The van der Waals surface area contributed by atoms with Crippen LogP contribution < -0.4 is 4.74 Å². The fraction of sp³-hybridized carbons (Fsp3) is 0.308. The van der Waals surface area contributed by atoms with Gasteiger partial charge in [0, 0.05) is 6.20 Å². The third kappa shape index (κ3) is 4.64. The minimum absolute atomic E-state index is 0.0439. The number of benzene rings is 1. The largest absolute Gasteiger partial charge is 0.491 e. The molecule has 0 bridgehead atoms. The van der Waals surface area contributed by atoms with Gasteiger partial charge in [0.2, 0.25) is 0 Å². The molecule has 0 spiro atoms. The van der Waals surface area contributed by atoms with Gasteiger partial charge >= 0.3 is 6.18 Å². The van der Waals surface area contributed by atoms with Crippen LogP contribution in [0, 0.1) is 0 Å². The highest BCUT2D eigenvalue weighted by Crippen LogP contribution is 2.31. The van der Waals surface area contributed by atoms with Crippen molar-refractivity contribution in [2.24, 2.45) is 0 Å². The summed E-state index contributed by atoms with van der Waals surface area (Å²) in [5.41, 5.74) is -0.798. The molecule has 2 aromatic rings. The van der Waals surface area contributed by atoms with E-state index in [1.54, 1.807) is 0 Å². The lowest BCUT2D eigenvalue weighted by Gasteiger charge is -2.13. The zero-order chi connectivity index (χ0) is 15.5. The van der Waals surface area contributed by atoms with Crippen molar-refractivity contribution in [3.8, 4) is 5.75 Å². The number of hydrogen-bond acceptors (Lipinski definition) is 3. The maximum atomic E-state index is 12.5. The van der Waals surface area contributed by atoms with Gasteiger partial charge in [-0.05, 0) is 18.2 Å². The average Bonchev–Trinajstić information content (AvgIpc) is 2.81. The molecule has 0 amide bonds. The molecule has 0 aliphatic rings. The van der Waals surface area contributed by atoms with Gasteiger partial charge in [0.25, 0.3) is 0 Å². The summed E-state index contributed by atoms with van der Waals surface area (Å²) < 4.78 is 44.2. The van der Waals surface area contributed by atoms with Crippen LogP contribution in [0.3, 0.4) is 0 Å². The van der Waals surface area contributed by atoms with Crippen molar-refractivity contribution in [2.45, 2.75) is 18.8 Å². The van der Waals surface area contributed by atoms with E-state index in [-0.39, 0.29) is 18.9 Å². The van der Waals surface area contributed by atoms with Crippen molar-refractivity contribution in [3.05, 3.63) is 47.2 Å². The Morgan fingerprint density at radius 2 is 2.14 bits per heavy atom. The zero-order valence-electron chi connectivity index (χ0n) is 10.7. The van der Waals surface area contributed by atoms with Crippen molar-refractivity contribution in [1.29, 1.82) is 0 Å². The molecule has 0 radical (unpaired) electrons. The normalized spacial score (nSPS) is 13.2. The topological polar surface area (TPSA) is 47.3 Å². The van der Waals surface area contributed by atoms with Crippen LogP contribution in [0.25, 0.3) is 0 Å². The summed E-state index contributed by atoms with van der Waals surface area (Å²) in [6.07, 6.45) is -2.41. The Bertz CT molecular complexity index is 601.